The number of benzene rings is 1. The normalized spacial score (nSPS) is 15.3. The van der Waals surface area contributed by atoms with Gasteiger partial charge in [0.2, 0.25) is 0 Å². The number of aliphatic hydroxyl groups excluding tert-OH is 1. The van der Waals surface area contributed by atoms with E-state index in [1.54, 1.807) is 24.3 Å². The van der Waals surface area contributed by atoms with Crippen LogP contribution in [0.4, 0.5) is 0 Å². The van der Waals surface area contributed by atoms with Crippen LogP contribution in [-0.4, -0.2) is 23.3 Å². The molecule has 4 N–H and O–H groups in total. The predicted octanol–water partition coefficient (Wildman–Crippen LogP) is 0.00730. The molecule has 0 aliphatic heterocycles. The van der Waals surface area contributed by atoms with Gasteiger partial charge in [-0.1, -0.05) is 12.1 Å². The van der Waals surface area contributed by atoms with E-state index in [9.17, 15) is 5.11 Å². The molecule has 3 nitrogen and oxygen atoms in total. The smallest absolute Gasteiger partial charge is 0.130 e. The number of quaternary nitrogens is 1. The molecule has 3 heteroatoms. The predicted molar refractivity (Wildman–Crippen MR) is 50.4 cm³/mol. The number of phenolic OH excluding ortho intramolecular Hbond substituents is 1. The highest BCUT2D eigenvalue weighted by atomic mass is 16.3. The highest BCUT2D eigenvalue weighted by Crippen LogP contribution is 2.17. The first kappa shape index (κ1) is 10.0. The van der Waals surface area contributed by atoms with Crippen molar-refractivity contribution in [2.45, 2.75) is 19.1 Å². The van der Waals surface area contributed by atoms with Gasteiger partial charge < -0.3 is 15.5 Å². The zero-order valence-electron chi connectivity index (χ0n) is 7.94. The summed E-state index contributed by atoms with van der Waals surface area (Å²) >= 11 is 0. The SMILES string of the molecule is C[NH2+][C@H](C)[C@@H](O)c1ccc(O)cc1. The number of phenols is 1. The second kappa shape index (κ2) is 4.25. The lowest BCUT2D eigenvalue weighted by molar-refractivity contribution is -0.669. The van der Waals surface area contributed by atoms with Crippen LogP contribution in [0, 0.1) is 0 Å². The van der Waals surface area contributed by atoms with Crippen molar-refractivity contribution in [2.75, 3.05) is 7.05 Å². The maximum absolute atomic E-state index is 9.77. The molecular weight excluding hydrogens is 166 g/mol. The molecule has 0 aliphatic rings. The fourth-order valence-corrected chi connectivity index (χ4v) is 1.16. The van der Waals surface area contributed by atoms with Crippen LogP contribution in [-0.2, 0) is 0 Å². The Morgan fingerprint density at radius 1 is 1.23 bits per heavy atom. The average molecular weight is 182 g/mol. The molecule has 0 aliphatic carbocycles. The number of nitrogens with two attached hydrogens (primary N) is 1. The molecular formula is C10H16NO2+. The van der Waals surface area contributed by atoms with Crippen LogP contribution in [0.2, 0.25) is 0 Å². The van der Waals surface area contributed by atoms with Gasteiger partial charge in [0.15, 0.2) is 0 Å². The Morgan fingerprint density at radius 2 is 1.77 bits per heavy atom. The summed E-state index contributed by atoms with van der Waals surface area (Å²) in [5.41, 5.74) is 0.836. The third-order valence-corrected chi connectivity index (χ3v) is 2.26. The lowest BCUT2D eigenvalue weighted by Gasteiger charge is -2.15. The zero-order valence-corrected chi connectivity index (χ0v) is 7.94. The van der Waals surface area contributed by atoms with Gasteiger partial charge in [-0.15, -0.1) is 0 Å². The van der Waals surface area contributed by atoms with Gasteiger partial charge in [-0.25, -0.2) is 0 Å². The van der Waals surface area contributed by atoms with E-state index in [0.717, 1.165) is 5.56 Å². The number of aliphatic hydroxyl groups is 1. The highest BCUT2D eigenvalue weighted by molar-refractivity contribution is 5.27. The molecule has 1 aromatic rings. The van der Waals surface area contributed by atoms with E-state index in [4.69, 9.17) is 5.11 Å². The number of hydrogen-bond acceptors (Lipinski definition) is 2. The Balaban J connectivity index is 2.77. The molecule has 1 aromatic carbocycles. The summed E-state index contributed by atoms with van der Waals surface area (Å²) in [4.78, 5) is 0. The summed E-state index contributed by atoms with van der Waals surface area (Å²) < 4.78 is 0. The summed E-state index contributed by atoms with van der Waals surface area (Å²) in [6.45, 7) is 1.96. The fourth-order valence-electron chi connectivity index (χ4n) is 1.16. The molecule has 0 amide bonds. The second-order valence-corrected chi connectivity index (χ2v) is 3.23. The van der Waals surface area contributed by atoms with Gasteiger partial charge in [0.25, 0.3) is 0 Å². The molecule has 0 bridgehead atoms. The largest absolute Gasteiger partial charge is 0.508 e. The first-order valence-corrected chi connectivity index (χ1v) is 4.41. The molecule has 0 fully saturated rings. The van der Waals surface area contributed by atoms with Gasteiger partial charge in [-0.05, 0) is 24.6 Å². The number of likely N-dealkylation sites (N-methyl/N-ethyl adjacent to an activating group) is 1. The third-order valence-electron chi connectivity index (χ3n) is 2.26. The van der Waals surface area contributed by atoms with E-state index in [1.807, 2.05) is 19.3 Å². The van der Waals surface area contributed by atoms with E-state index in [-0.39, 0.29) is 11.8 Å². The molecule has 0 aromatic heterocycles. The van der Waals surface area contributed by atoms with Crippen molar-refractivity contribution in [1.82, 2.24) is 0 Å². The van der Waals surface area contributed by atoms with Crippen LogP contribution >= 0.6 is 0 Å². The first-order valence-electron chi connectivity index (χ1n) is 4.41. The Hall–Kier alpha value is -1.06. The lowest BCUT2D eigenvalue weighted by atomic mass is 10.0. The fraction of sp³-hybridized carbons (Fsp3) is 0.400. The van der Waals surface area contributed by atoms with Gasteiger partial charge in [-0.3, -0.25) is 0 Å². The van der Waals surface area contributed by atoms with Crippen LogP contribution in [0.3, 0.4) is 0 Å². The quantitative estimate of drug-likeness (QED) is 0.616. The van der Waals surface area contributed by atoms with Crippen molar-refractivity contribution in [3.05, 3.63) is 29.8 Å². The van der Waals surface area contributed by atoms with E-state index < -0.39 is 6.10 Å². The van der Waals surface area contributed by atoms with Crippen LogP contribution in [0.25, 0.3) is 0 Å². The third kappa shape index (κ3) is 2.44. The zero-order chi connectivity index (χ0) is 9.84. The Bertz CT molecular complexity index is 258. The summed E-state index contributed by atoms with van der Waals surface area (Å²) in [6, 6.07) is 6.77. The highest BCUT2D eigenvalue weighted by Gasteiger charge is 2.16. The monoisotopic (exact) mass is 182 g/mol. The van der Waals surface area contributed by atoms with E-state index in [0.29, 0.717) is 0 Å². The van der Waals surface area contributed by atoms with Gasteiger partial charge >= 0.3 is 0 Å². The molecule has 0 spiro atoms. The Labute approximate surface area is 78.0 Å². The molecule has 0 heterocycles. The maximum atomic E-state index is 9.77. The lowest BCUT2D eigenvalue weighted by Crippen LogP contribution is -2.86. The van der Waals surface area contributed by atoms with Crippen molar-refractivity contribution in [1.29, 1.82) is 0 Å². The van der Waals surface area contributed by atoms with Crippen molar-refractivity contribution in [2.24, 2.45) is 0 Å². The van der Waals surface area contributed by atoms with Gasteiger partial charge in [0.1, 0.15) is 17.9 Å². The van der Waals surface area contributed by atoms with E-state index in [1.165, 1.54) is 0 Å². The topological polar surface area (TPSA) is 57.1 Å². The molecule has 13 heavy (non-hydrogen) atoms. The van der Waals surface area contributed by atoms with Gasteiger partial charge in [0.05, 0.1) is 7.05 Å². The molecule has 0 unspecified atom stereocenters. The number of aromatic hydroxyl groups is 1. The molecule has 0 saturated heterocycles. The first-order chi connectivity index (χ1) is 6.15. The summed E-state index contributed by atoms with van der Waals surface area (Å²) in [7, 11) is 1.92. The average Bonchev–Trinajstić information content (AvgIpc) is 2.17. The van der Waals surface area contributed by atoms with E-state index >= 15 is 0 Å². The van der Waals surface area contributed by atoms with Crippen LogP contribution in [0.5, 0.6) is 5.75 Å². The van der Waals surface area contributed by atoms with Gasteiger partial charge in [0, 0.05) is 0 Å². The van der Waals surface area contributed by atoms with Crippen LogP contribution in [0.1, 0.15) is 18.6 Å². The molecule has 0 radical (unpaired) electrons. The van der Waals surface area contributed by atoms with Crippen LogP contribution in [0.15, 0.2) is 24.3 Å². The molecule has 72 valence electrons. The minimum Gasteiger partial charge on any atom is -0.508 e. The second-order valence-electron chi connectivity index (χ2n) is 3.23. The van der Waals surface area contributed by atoms with Crippen LogP contribution < -0.4 is 5.32 Å². The van der Waals surface area contributed by atoms with Crippen molar-refractivity contribution >= 4 is 0 Å². The number of rotatable bonds is 3. The van der Waals surface area contributed by atoms with Crippen molar-refractivity contribution < 1.29 is 15.5 Å². The molecule has 1 rings (SSSR count). The molecule has 2 atom stereocenters. The summed E-state index contributed by atoms with van der Waals surface area (Å²) in [5, 5.41) is 20.8. The van der Waals surface area contributed by atoms with E-state index in [2.05, 4.69) is 0 Å². The minimum absolute atomic E-state index is 0.129. The Morgan fingerprint density at radius 3 is 2.23 bits per heavy atom. The summed E-state index contributed by atoms with van der Waals surface area (Å²) in [6.07, 6.45) is -0.481. The standard InChI is InChI=1S/C10H15NO2/c1-7(11-2)10(13)8-3-5-9(12)6-4-8/h3-7,10-13H,1-2H3/p+1/t7-,10-/m1/s1. The molecule has 0 saturated carbocycles. The Kier molecular flexibility index (Phi) is 3.28. The van der Waals surface area contributed by atoms with Gasteiger partial charge in [-0.2, -0.15) is 0 Å². The van der Waals surface area contributed by atoms with Crippen molar-refractivity contribution in [3.63, 3.8) is 0 Å². The maximum Gasteiger partial charge on any atom is 0.130 e. The summed E-state index contributed by atoms with van der Waals surface area (Å²) in [5.74, 6) is 0.226. The minimum atomic E-state index is -0.481. The number of hydrogen-bond donors (Lipinski definition) is 3. The van der Waals surface area contributed by atoms with Crippen molar-refractivity contribution in [3.8, 4) is 5.75 Å².